The number of pyridine rings is 1. The highest BCUT2D eigenvalue weighted by Crippen LogP contribution is 2.18. The van der Waals surface area contributed by atoms with Crippen LogP contribution in [0.4, 0.5) is 5.69 Å². The first-order chi connectivity index (χ1) is 11.2. The lowest BCUT2D eigenvalue weighted by Gasteiger charge is -2.14. The van der Waals surface area contributed by atoms with Gasteiger partial charge in [-0.1, -0.05) is 36.4 Å². The third-order valence-electron chi connectivity index (χ3n) is 3.44. The van der Waals surface area contributed by atoms with Crippen LogP contribution in [0.5, 0.6) is 0 Å². The molecule has 0 unspecified atom stereocenters. The number of hydrogen-bond acceptors (Lipinski definition) is 3. The molecule has 0 saturated carbocycles. The minimum absolute atomic E-state index is 0.116. The first-order valence-corrected chi connectivity index (χ1v) is 7.63. The third kappa shape index (κ3) is 4.28. The number of hydrogen-bond donors (Lipinski definition) is 1. The second-order valence-corrected chi connectivity index (χ2v) is 5.73. The molecular weight excluding hydrogens is 310 g/mol. The van der Waals surface area contributed by atoms with E-state index < -0.39 is 0 Å². The Morgan fingerprint density at radius 2 is 1.91 bits per heavy atom. The Bertz CT molecular complexity index is 807. The lowest BCUT2D eigenvalue weighted by molar-refractivity contribution is -0.116. The molecule has 0 saturated heterocycles. The van der Waals surface area contributed by atoms with E-state index in [2.05, 4.69) is 10.3 Å². The van der Waals surface area contributed by atoms with E-state index in [1.54, 1.807) is 12.4 Å². The largest absolute Gasteiger partial charge is 0.325 e. The Morgan fingerprint density at radius 1 is 1.09 bits per heavy atom. The predicted molar refractivity (Wildman–Crippen MR) is 93.1 cm³/mol. The van der Waals surface area contributed by atoms with Crippen molar-refractivity contribution in [3.8, 4) is 0 Å². The molecule has 1 aromatic heterocycles. The van der Waals surface area contributed by atoms with E-state index in [4.69, 9.17) is 11.8 Å². The summed E-state index contributed by atoms with van der Waals surface area (Å²) < 4.78 is 1.47. The zero-order chi connectivity index (χ0) is 16.1. The van der Waals surface area contributed by atoms with Crippen LogP contribution < -0.4 is 5.32 Å². The Labute approximate surface area is 139 Å². The quantitative estimate of drug-likeness (QED) is 0.725. The van der Waals surface area contributed by atoms with Gasteiger partial charge in [0, 0.05) is 30.0 Å². The van der Waals surface area contributed by atoms with Gasteiger partial charge in [0.2, 0.25) is 5.91 Å². The first kappa shape index (κ1) is 15.5. The van der Waals surface area contributed by atoms with E-state index in [1.165, 1.54) is 4.42 Å². The number of nitrogens with one attached hydrogen (secondary N) is 1. The third-order valence-corrected chi connectivity index (χ3v) is 3.68. The molecule has 0 radical (unpaired) electrons. The topological polar surface area (TPSA) is 45.2 Å². The van der Waals surface area contributed by atoms with Crippen molar-refractivity contribution in [1.82, 2.24) is 9.40 Å². The van der Waals surface area contributed by atoms with Crippen LogP contribution in [0.25, 0.3) is 10.8 Å². The van der Waals surface area contributed by atoms with E-state index in [-0.39, 0.29) is 12.5 Å². The molecule has 0 spiro atoms. The van der Waals surface area contributed by atoms with Crippen LogP contribution in [-0.4, -0.2) is 21.9 Å². The molecule has 0 aliphatic carbocycles. The summed E-state index contributed by atoms with van der Waals surface area (Å²) >= 11 is 6.14. The monoisotopic (exact) mass is 325 g/mol. The summed E-state index contributed by atoms with van der Waals surface area (Å²) in [6.07, 6.45) is 3.52. The van der Waals surface area contributed by atoms with Crippen molar-refractivity contribution in [1.29, 1.82) is 0 Å². The number of halogens is 1. The number of rotatable bonds is 5. The van der Waals surface area contributed by atoms with Crippen molar-refractivity contribution < 1.29 is 4.79 Å². The fraction of sp³-hybridized carbons (Fsp3) is 0.111. The van der Waals surface area contributed by atoms with Gasteiger partial charge in [-0.2, -0.15) is 0 Å². The van der Waals surface area contributed by atoms with Crippen LogP contribution in [0.1, 0.15) is 5.56 Å². The summed E-state index contributed by atoms with van der Waals surface area (Å²) in [7, 11) is 0. The molecule has 1 heterocycles. The van der Waals surface area contributed by atoms with Gasteiger partial charge in [-0.05, 0) is 40.9 Å². The molecule has 0 fully saturated rings. The van der Waals surface area contributed by atoms with Gasteiger partial charge in [-0.3, -0.25) is 9.78 Å². The molecule has 4 nitrogen and oxygen atoms in total. The standard InChI is InChI=1S/C18H16ClN3O/c19-22(12-14-4-2-1-3-5-14)13-18(23)21-17-7-6-16-11-20-9-8-15(16)10-17/h1-11H,12-13H2,(H,21,23). The van der Waals surface area contributed by atoms with Crippen molar-refractivity contribution in [2.24, 2.45) is 0 Å². The molecule has 0 atom stereocenters. The Hall–Kier alpha value is -2.43. The van der Waals surface area contributed by atoms with E-state index in [9.17, 15) is 4.79 Å². The second kappa shape index (κ2) is 7.22. The van der Waals surface area contributed by atoms with Gasteiger partial charge in [0.1, 0.15) is 0 Å². The Morgan fingerprint density at radius 3 is 2.74 bits per heavy atom. The molecule has 1 N–H and O–H groups in total. The van der Waals surface area contributed by atoms with Crippen molar-refractivity contribution in [2.75, 3.05) is 11.9 Å². The molecule has 5 heteroatoms. The van der Waals surface area contributed by atoms with Gasteiger partial charge in [-0.25, -0.2) is 4.42 Å². The maximum Gasteiger partial charge on any atom is 0.239 e. The van der Waals surface area contributed by atoms with Crippen LogP contribution in [0.3, 0.4) is 0 Å². The molecular formula is C18H16ClN3O. The van der Waals surface area contributed by atoms with E-state index in [0.717, 1.165) is 22.0 Å². The summed E-state index contributed by atoms with van der Waals surface area (Å²) in [5.74, 6) is -0.149. The summed E-state index contributed by atoms with van der Waals surface area (Å²) in [6.45, 7) is 0.629. The predicted octanol–water partition coefficient (Wildman–Crippen LogP) is 3.83. The SMILES string of the molecule is O=C(CN(Cl)Cc1ccccc1)Nc1ccc2cnccc2c1. The smallest absolute Gasteiger partial charge is 0.239 e. The molecule has 0 aliphatic rings. The highest BCUT2D eigenvalue weighted by atomic mass is 35.5. The molecule has 2 aromatic carbocycles. The number of carbonyl (C=O) groups is 1. The Kier molecular flexibility index (Phi) is 4.86. The maximum atomic E-state index is 12.1. The summed E-state index contributed by atoms with van der Waals surface area (Å²) in [5.41, 5.74) is 1.81. The zero-order valence-electron chi connectivity index (χ0n) is 12.4. The molecule has 1 amide bonds. The van der Waals surface area contributed by atoms with Crippen molar-refractivity contribution in [2.45, 2.75) is 6.54 Å². The first-order valence-electron chi connectivity index (χ1n) is 7.29. The van der Waals surface area contributed by atoms with Gasteiger partial charge in [0.15, 0.2) is 0 Å². The lowest BCUT2D eigenvalue weighted by Crippen LogP contribution is -2.26. The van der Waals surface area contributed by atoms with Crippen LogP contribution >= 0.6 is 11.8 Å². The van der Waals surface area contributed by atoms with Crippen LogP contribution in [0.2, 0.25) is 0 Å². The minimum Gasteiger partial charge on any atom is -0.325 e. The normalized spacial score (nSPS) is 10.9. The fourth-order valence-corrected chi connectivity index (χ4v) is 2.60. The van der Waals surface area contributed by atoms with Gasteiger partial charge in [0.05, 0.1) is 6.54 Å². The highest BCUT2D eigenvalue weighted by Gasteiger charge is 2.09. The number of anilines is 1. The van der Waals surface area contributed by atoms with Crippen molar-refractivity contribution in [3.05, 3.63) is 72.6 Å². The molecule has 3 aromatic rings. The van der Waals surface area contributed by atoms with E-state index >= 15 is 0 Å². The summed E-state index contributed by atoms with van der Waals surface area (Å²) in [6, 6.07) is 17.4. The fourth-order valence-electron chi connectivity index (χ4n) is 2.35. The zero-order valence-corrected chi connectivity index (χ0v) is 13.2. The number of fused-ring (bicyclic) bond motifs is 1. The number of carbonyl (C=O) groups excluding carboxylic acids is 1. The van der Waals surface area contributed by atoms with Crippen LogP contribution in [0, 0.1) is 0 Å². The van der Waals surface area contributed by atoms with Crippen LogP contribution in [-0.2, 0) is 11.3 Å². The van der Waals surface area contributed by atoms with E-state index in [0.29, 0.717) is 6.54 Å². The molecule has 0 aliphatic heterocycles. The van der Waals surface area contributed by atoms with Gasteiger partial charge >= 0.3 is 0 Å². The minimum atomic E-state index is -0.149. The van der Waals surface area contributed by atoms with Crippen molar-refractivity contribution in [3.63, 3.8) is 0 Å². The van der Waals surface area contributed by atoms with Gasteiger partial charge < -0.3 is 5.32 Å². The second-order valence-electron chi connectivity index (χ2n) is 5.25. The average molecular weight is 326 g/mol. The molecule has 23 heavy (non-hydrogen) atoms. The number of nitrogens with zero attached hydrogens (tertiary/aromatic N) is 2. The molecule has 116 valence electrons. The average Bonchev–Trinajstić information content (AvgIpc) is 2.55. The molecule has 3 rings (SSSR count). The van der Waals surface area contributed by atoms with E-state index in [1.807, 2.05) is 54.6 Å². The Balaban J connectivity index is 1.59. The number of aromatic nitrogens is 1. The van der Waals surface area contributed by atoms with Crippen molar-refractivity contribution >= 4 is 34.1 Å². The van der Waals surface area contributed by atoms with Gasteiger partial charge in [-0.15, -0.1) is 0 Å². The summed E-state index contributed by atoms with van der Waals surface area (Å²) in [4.78, 5) is 16.2. The molecule has 0 bridgehead atoms. The number of amides is 1. The highest BCUT2D eigenvalue weighted by molar-refractivity contribution is 6.15. The van der Waals surface area contributed by atoms with Gasteiger partial charge in [0.25, 0.3) is 0 Å². The lowest BCUT2D eigenvalue weighted by atomic mass is 10.1. The van der Waals surface area contributed by atoms with Crippen LogP contribution in [0.15, 0.2) is 67.0 Å². The summed E-state index contributed by atoms with van der Waals surface area (Å²) in [5, 5.41) is 4.93. The number of benzene rings is 2. The maximum absolute atomic E-state index is 12.1.